The Morgan fingerprint density at radius 3 is 2.62 bits per heavy atom. The standard InChI is InChI=1S/C17H24N2O5/c1-4-24-16(22)8-9-19(11-12(2)20)17(23)14-6-5-7-15(10-14)18-13(3)21/h5-7,10,12,20H,4,8-9,11H2,1-3H3,(H,18,21). The van der Waals surface area contributed by atoms with E-state index in [1.807, 2.05) is 0 Å². The van der Waals surface area contributed by atoms with Crippen molar-refractivity contribution in [1.29, 1.82) is 0 Å². The molecule has 2 amide bonds. The summed E-state index contributed by atoms with van der Waals surface area (Å²) in [6.45, 7) is 5.19. The molecule has 7 nitrogen and oxygen atoms in total. The van der Waals surface area contributed by atoms with Gasteiger partial charge in [0.25, 0.3) is 5.91 Å². The molecule has 1 aromatic rings. The molecule has 0 aliphatic heterocycles. The van der Waals surface area contributed by atoms with Gasteiger partial charge in [-0.1, -0.05) is 6.07 Å². The number of amides is 2. The molecule has 0 aromatic heterocycles. The predicted molar refractivity (Wildman–Crippen MR) is 89.6 cm³/mol. The fourth-order valence-corrected chi connectivity index (χ4v) is 2.17. The van der Waals surface area contributed by atoms with Crippen LogP contribution in [0.4, 0.5) is 5.69 Å². The lowest BCUT2D eigenvalue weighted by molar-refractivity contribution is -0.143. The molecule has 0 spiro atoms. The molecule has 132 valence electrons. The molecule has 1 atom stereocenters. The summed E-state index contributed by atoms with van der Waals surface area (Å²) in [5.74, 6) is -0.956. The first-order chi connectivity index (χ1) is 11.3. The van der Waals surface area contributed by atoms with Gasteiger partial charge >= 0.3 is 5.97 Å². The summed E-state index contributed by atoms with van der Waals surface area (Å²) in [5.41, 5.74) is 0.876. The van der Waals surface area contributed by atoms with Crippen molar-refractivity contribution in [3.63, 3.8) is 0 Å². The molecule has 24 heavy (non-hydrogen) atoms. The molecule has 0 heterocycles. The molecule has 1 unspecified atom stereocenters. The molecule has 1 rings (SSSR count). The number of hydrogen-bond acceptors (Lipinski definition) is 5. The van der Waals surface area contributed by atoms with Gasteiger partial charge in [-0.05, 0) is 32.0 Å². The van der Waals surface area contributed by atoms with Crippen LogP contribution in [0.1, 0.15) is 37.6 Å². The molecular weight excluding hydrogens is 312 g/mol. The van der Waals surface area contributed by atoms with Crippen LogP contribution in [0.15, 0.2) is 24.3 Å². The number of aliphatic hydroxyl groups excluding tert-OH is 1. The zero-order valence-electron chi connectivity index (χ0n) is 14.2. The van der Waals surface area contributed by atoms with Gasteiger partial charge in [0.2, 0.25) is 5.91 Å². The van der Waals surface area contributed by atoms with E-state index in [4.69, 9.17) is 4.74 Å². The monoisotopic (exact) mass is 336 g/mol. The topological polar surface area (TPSA) is 95.9 Å². The van der Waals surface area contributed by atoms with Crippen LogP contribution in [0, 0.1) is 0 Å². The Labute approximate surface area is 141 Å². The van der Waals surface area contributed by atoms with E-state index in [0.29, 0.717) is 11.3 Å². The first-order valence-corrected chi connectivity index (χ1v) is 7.84. The number of carbonyl (C=O) groups excluding carboxylic acids is 3. The molecule has 7 heteroatoms. The number of hydrogen-bond donors (Lipinski definition) is 2. The minimum atomic E-state index is -0.727. The second-order valence-electron chi connectivity index (χ2n) is 5.42. The highest BCUT2D eigenvalue weighted by molar-refractivity contribution is 5.97. The second kappa shape index (κ2) is 9.67. The van der Waals surface area contributed by atoms with Crippen molar-refractivity contribution in [2.24, 2.45) is 0 Å². The Balaban J connectivity index is 2.86. The molecule has 0 bridgehead atoms. The SMILES string of the molecule is CCOC(=O)CCN(CC(C)O)C(=O)c1cccc(NC(C)=O)c1. The number of nitrogens with zero attached hydrogens (tertiary/aromatic N) is 1. The van der Waals surface area contributed by atoms with Gasteiger partial charge < -0.3 is 20.1 Å². The molecule has 2 N–H and O–H groups in total. The Morgan fingerprint density at radius 2 is 2.04 bits per heavy atom. The first-order valence-electron chi connectivity index (χ1n) is 7.84. The van der Waals surface area contributed by atoms with Gasteiger partial charge in [0, 0.05) is 31.3 Å². The lowest BCUT2D eigenvalue weighted by Crippen LogP contribution is -2.38. The third-order valence-electron chi connectivity index (χ3n) is 3.09. The minimum Gasteiger partial charge on any atom is -0.466 e. The molecular formula is C17H24N2O5. The van der Waals surface area contributed by atoms with E-state index < -0.39 is 12.1 Å². The van der Waals surface area contributed by atoms with Crippen LogP contribution in [0.3, 0.4) is 0 Å². The Hall–Kier alpha value is -2.41. The fraction of sp³-hybridized carbons (Fsp3) is 0.471. The number of ether oxygens (including phenoxy) is 1. The second-order valence-corrected chi connectivity index (χ2v) is 5.42. The molecule has 1 aromatic carbocycles. The van der Waals surface area contributed by atoms with E-state index in [9.17, 15) is 19.5 Å². The van der Waals surface area contributed by atoms with E-state index in [1.54, 1.807) is 38.1 Å². The summed E-state index contributed by atoms with van der Waals surface area (Å²) in [5, 5.41) is 12.2. The number of nitrogens with one attached hydrogen (secondary N) is 1. The average Bonchev–Trinajstić information content (AvgIpc) is 2.50. The number of anilines is 1. The third kappa shape index (κ3) is 6.78. The summed E-state index contributed by atoms with van der Waals surface area (Å²) in [7, 11) is 0. The maximum atomic E-state index is 12.6. The zero-order valence-corrected chi connectivity index (χ0v) is 14.2. The highest BCUT2D eigenvalue weighted by Gasteiger charge is 2.19. The van der Waals surface area contributed by atoms with Crippen LogP contribution in [0.2, 0.25) is 0 Å². The summed E-state index contributed by atoms with van der Waals surface area (Å²) in [4.78, 5) is 36.7. The van der Waals surface area contributed by atoms with Gasteiger partial charge in [-0.15, -0.1) is 0 Å². The van der Waals surface area contributed by atoms with E-state index in [1.165, 1.54) is 11.8 Å². The maximum absolute atomic E-state index is 12.6. The summed E-state index contributed by atoms with van der Waals surface area (Å²) < 4.78 is 4.86. The minimum absolute atomic E-state index is 0.0533. The van der Waals surface area contributed by atoms with Gasteiger partial charge in [-0.2, -0.15) is 0 Å². The molecule has 0 fully saturated rings. The van der Waals surface area contributed by atoms with Crippen LogP contribution >= 0.6 is 0 Å². The van der Waals surface area contributed by atoms with Crippen LogP contribution in [-0.2, 0) is 14.3 Å². The van der Waals surface area contributed by atoms with E-state index in [2.05, 4.69) is 5.32 Å². The third-order valence-corrected chi connectivity index (χ3v) is 3.09. The van der Waals surface area contributed by atoms with Crippen molar-refractivity contribution in [3.8, 4) is 0 Å². The first kappa shape index (κ1) is 19.6. The van der Waals surface area contributed by atoms with Gasteiger partial charge in [0.15, 0.2) is 0 Å². The largest absolute Gasteiger partial charge is 0.466 e. The maximum Gasteiger partial charge on any atom is 0.307 e. The van der Waals surface area contributed by atoms with Crippen molar-refractivity contribution >= 4 is 23.5 Å². The summed E-state index contributed by atoms with van der Waals surface area (Å²) >= 11 is 0. The Kier molecular flexibility index (Phi) is 7.91. The van der Waals surface area contributed by atoms with Gasteiger partial charge in [-0.25, -0.2) is 0 Å². The van der Waals surface area contributed by atoms with E-state index in [0.717, 1.165) is 0 Å². The smallest absolute Gasteiger partial charge is 0.307 e. The Bertz CT molecular complexity index is 586. The van der Waals surface area contributed by atoms with Crippen molar-refractivity contribution in [3.05, 3.63) is 29.8 Å². The van der Waals surface area contributed by atoms with Crippen LogP contribution in [0.25, 0.3) is 0 Å². The van der Waals surface area contributed by atoms with Gasteiger partial charge in [-0.3, -0.25) is 14.4 Å². The normalized spacial score (nSPS) is 11.5. The van der Waals surface area contributed by atoms with Gasteiger partial charge in [0.05, 0.1) is 19.1 Å². The van der Waals surface area contributed by atoms with E-state index >= 15 is 0 Å². The van der Waals surface area contributed by atoms with E-state index in [-0.39, 0.29) is 37.9 Å². The quantitative estimate of drug-likeness (QED) is 0.700. The highest BCUT2D eigenvalue weighted by atomic mass is 16.5. The fourth-order valence-electron chi connectivity index (χ4n) is 2.17. The number of aliphatic hydroxyl groups is 1. The summed E-state index contributed by atoms with van der Waals surface area (Å²) in [6.07, 6.45) is -0.674. The van der Waals surface area contributed by atoms with Crippen molar-refractivity contribution in [1.82, 2.24) is 4.90 Å². The number of esters is 1. The van der Waals surface area contributed by atoms with Crippen molar-refractivity contribution in [2.45, 2.75) is 33.3 Å². The van der Waals surface area contributed by atoms with Crippen LogP contribution in [0.5, 0.6) is 0 Å². The number of benzene rings is 1. The van der Waals surface area contributed by atoms with Gasteiger partial charge in [0.1, 0.15) is 0 Å². The average molecular weight is 336 g/mol. The molecule has 0 saturated carbocycles. The molecule has 0 radical (unpaired) electrons. The molecule has 0 aliphatic rings. The predicted octanol–water partition coefficient (Wildman–Crippen LogP) is 1.42. The summed E-state index contributed by atoms with van der Waals surface area (Å²) in [6, 6.07) is 6.51. The lowest BCUT2D eigenvalue weighted by Gasteiger charge is -2.24. The zero-order chi connectivity index (χ0) is 18.1. The van der Waals surface area contributed by atoms with Crippen LogP contribution in [-0.4, -0.2) is 53.6 Å². The Morgan fingerprint density at radius 1 is 1.33 bits per heavy atom. The number of carbonyl (C=O) groups is 3. The molecule has 0 aliphatic carbocycles. The van der Waals surface area contributed by atoms with Crippen molar-refractivity contribution < 1.29 is 24.2 Å². The highest BCUT2D eigenvalue weighted by Crippen LogP contribution is 2.13. The van der Waals surface area contributed by atoms with Crippen LogP contribution < -0.4 is 5.32 Å². The lowest BCUT2D eigenvalue weighted by atomic mass is 10.1. The van der Waals surface area contributed by atoms with Crippen molar-refractivity contribution in [2.75, 3.05) is 25.0 Å². The molecule has 0 saturated heterocycles. The number of rotatable bonds is 8.